The van der Waals surface area contributed by atoms with Crippen LogP contribution in [-0.2, 0) is 4.79 Å². The Morgan fingerprint density at radius 2 is 1.81 bits per heavy atom. The SMILES string of the molecule is CC(C)(Oc1cccc(C2CCCN(C(=O)c3cccc(-c4ccc5ccsc5c4)c3)C2)c1)C(=O)O. The highest BCUT2D eigenvalue weighted by molar-refractivity contribution is 7.17. The Hall–Kier alpha value is -3.64. The van der Waals surface area contributed by atoms with Gasteiger partial charge in [0.05, 0.1) is 0 Å². The number of likely N-dealkylation sites (tertiary alicyclic amines) is 1. The summed E-state index contributed by atoms with van der Waals surface area (Å²) in [6.07, 6.45) is 1.88. The van der Waals surface area contributed by atoms with E-state index in [1.54, 1.807) is 17.4 Å². The molecular formula is C30H29NO4S. The van der Waals surface area contributed by atoms with Crippen molar-refractivity contribution >= 4 is 33.3 Å². The van der Waals surface area contributed by atoms with E-state index in [1.165, 1.54) is 23.9 Å². The predicted molar refractivity (Wildman–Crippen MR) is 144 cm³/mol. The first-order valence-electron chi connectivity index (χ1n) is 12.2. The maximum atomic E-state index is 13.5. The van der Waals surface area contributed by atoms with Crippen molar-refractivity contribution in [1.82, 2.24) is 4.90 Å². The third kappa shape index (κ3) is 5.00. The quantitative estimate of drug-likeness (QED) is 0.316. The molecule has 1 aromatic heterocycles. The van der Waals surface area contributed by atoms with Gasteiger partial charge < -0.3 is 14.7 Å². The summed E-state index contributed by atoms with van der Waals surface area (Å²) >= 11 is 1.72. The van der Waals surface area contributed by atoms with Gasteiger partial charge in [0, 0.05) is 29.3 Å². The summed E-state index contributed by atoms with van der Waals surface area (Å²) in [7, 11) is 0. The molecule has 1 aliphatic rings. The summed E-state index contributed by atoms with van der Waals surface area (Å²) in [5, 5.41) is 12.7. The van der Waals surface area contributed by atoms with E-state index in [0.717, 1.165) is 36.1 Å². The monoisotopic (exact) mass is 499 g/mol. The minimum atomic E-state index is -1.31. The zero-order chi connectivity index (χ0) is 25.3. The van der Waals surface area contributed by atoms with E-state index in [0.29, 0.717) is 17.9 Å². The molecule has 0 saturated carbocycles. The number of piperidine rings is 1. The Morgan fingerprint density at radius 3 is 2.64 bits per heavy atom. The minimum Gasteiger partial charge on any atom is -0.478 e. The van der Waals surface area contributed by atoms with E-state index in [9.17, 15) is 14.7 Å². The third-order valence-electron chi connectivity index (χ3n) is 6.83. The van der Waals surface area contributed by atoms with Gasteiger partial charge in [0.1, 0.15) is 5.75 Å². The lowest BCUT2D eigenvalue weighted by Gasteiger charge is -2.33. The fraction of sp³-hybridized carbons (Fsp3) is 0.267. The largest absolute Gasteiger partial charge is 0.478 e. The van der Waals surface area contributed by atoms with Crippen LogP contribution in [0.5, 0.6) is 5.75 Å². The van der Waals surface area contributed by atoms with Gasteiger partial charge in [0.2, 0.25) is 0 Å². The number of hydrogen-bond donors (Lipinski definition) is 1. The molecule has 0 radical (unpaired) electrons. The maximum Gasteiger partial charge on any atom is 0.347 e. The van der Waals surface area contributed by atoms with Gasteiger partial charge in [0.15, 0.2) is 5.60 Å². The molecule has 0 bridgehead atoms. The minimum absolute atomic E-state index is 0.0400. The second-order valence-electron chi connectivity index (χ2n) is 9.83. The Morgan fingerprint density at radius 1 is 1.00 bits per heavy atom. The van der Waals surface area contributed by atoms with Gasteiger partial charge in [0.25, 0.3) is 5.91 Å². The number of carboxylic acid groups (broad SMARTS) is 1. The summed E-state index contributed by atoms with van der Waals surface area (Å²) in [6, 6.07) is 24.0. The van der Waals surface area contributed by atoms with Gasteiger partial charge in [-0.2, -0.15) is 0 Å². The number of nitrogens with zero attached hydrogens (tertiary/aromatic N) is 1. The van der Waals surface area contributed by atoms with Gasteiger partial charge >= 0.3 is 5.97 Å². The van der Waals surface area contributed by atoms with E-state index < -0.39 is 11.6 Å². The zero-order valence-electron chi connectivity index (χ0n) is 20.4. The number of rotatable bonds is 6. The van der Waals surface area contributed by atoms with E-state index in [1.807, 2.05) is 41.3 Å². The van der Waals surface area contributed by atoms with Crippen LogP contribution in [0.15, 0.2) is 78.2 Å². The van der Waals surface area contributed by atoms with Crippen LogP contribution >= 0.6 is 11.3 Å². The lowest BCUT2D eigenvalue weighted by molar-refractivity contribution is -0.152. The summed E-state index contributed by atoms with van der Waals surface area (Å²) in [6.45, 7) is 4.42. The standard InChI is InChI=1S/C30H29NO4S/c1-30(2,29(33)34)35-26-10-4-7-22(17-26)25-9-5-14-31(19-25)28(32)24-8-3-6-21(16-24)23-12-11-20-13-15-36-27(20)18-23/h3-4,6-8,10-13,15-18,25H,5,9,14,19H2,1-2H3,(H,33,34). The van der Waals surface area contributed by atoms with Crippen LogP contribution < -0.4 is 4.74 Å². The van der Waals surface area contributed by atoms with Crippen molar-refractivity contribution in [2.24, 2.45) is 0 Å². The molecular weight excluding hydrogens is 470 g/mol. The molecule has 36 heavy (non-hydrogen) atoms. The second kappa shape index (κ2) is 9.78. The molecule has 4 aromatic rings. The van der Waals surface area contributed by atoms with Gasteiger partial charge in [-0.05, 0) is 90.5 Å². The van der Waals surface area contributed by atoms with Crippen molar-refractivity contribution in [2.45, 2.75) is 38.2 Å². The zero-order valence-corrected chi connectivity index (χ0v) is 21.3. The molecule has 5 nitrogen and oxygen atoms in total. The summed E-state index contributed by atoms with van der Waals surface area (Å²) < 4.78 is 6.97. The van der Waals surface area contributed by atoms with Crippen molar-refractivity contribution in [3.63, 3.8) is 0 Å². The third-order valence-corrected chi connectivity index (χ3v) is 7.70. The van der Waals surface area contributed by atoms with Crippen molar-refractivity contribution in [3.8, 4) is 16.9 Å². The van der Waals surface area contributed by atoms with Crippen LogP contribution in [0, 0.1) is 0 Å². The predicted octanol–water partition coefficient (Wildman–Crippen LogP) is 6.83. The summed E-state index contributed by atoms with van der Waals surface area (Å²) in [4.78, 5) is 26.9. The molecule has 5 rings (SSSR count). The number of amides is 1. The number of aliphatic carboxylic acids is 1. The van der Waals surface area contributed by atoms with Gasteiger partial charge in [-0.15, -0.1) is 11.3 Å². The first-order chi connectivity index (χ1) is 17.3. The topological polar surface area (TPSA) is 66.8 Å². The molecule has 1 fully saturated rings. The Bertz CT molecular complexity index is 1420. The highest BCUT2D eigenvalue weighted by Crippen LogP contribution is 2.32. The summed E-state index contributed by atoms with van der Waals surface area (Å²) in [5.74, 6) is -0.277. The maximum absolute atomic E-state index is 13.5. The number of ether oxygens (including phenoxy) is 1. The number of fused-ring (bicyclic) bond motifs is 1. The van der Waals surface area contributed by atoms with Crippen LogP contribution in [0.4, 0.5) is 0 Å². The van der Waals surface area contributed by atoms with E-state index in [2.05, 4.69) is 35.7 Å². The van der Waals surface area contributed by atoms with Gasteiger partial charge in [-0.25, -0.2) is 4.79 Å². The molecule has 1 atom stereocenters. The van der Waals surface area contributed by atoms with Crippen LogP contribution in [0.2, 0.25) is 0 Å². The van der Waals surface area contributed by atoms with Crippen LogP contribution in [0.1, 0.15) is 48.5 Å². The Kier molecular flexibility index (Phi) is 6.54. The fourth-order valence-corrected chi connectivity index (χ4v) is 5.58. The van der Waals surface area contributed by atoms with Crippen LogP contribution in [-0.4, -0.2) is 40.6 Å². The number of thiophene rings is 1. The highest BCUT2D eigenvalue weighted by Gasteiger charge is 2.30. The summed E-state index contributed by atoms with van der Waals surface area (Å²) in [5.41, 5.74) is 2.59. The average molecular weight is 500 g/mol. The second-order valence-corrected chi connectivity index (χ2v) is 10.8. The average Bonchev–Trinajstić information content (AvgIpc) is 3.36. The van der Waals surface area contributed by atoms with Crippen molar-refractivity contribution < 1.29 is 19.4 Å². The molecule has 1 aliphatic heterocycles. The Balaban J connectivity index is 1.33. The molecule has 3 aromatic carbocycles. The number of carbonyl (C=O) groups is 2. The van der Waals surface area contributed by atoms with Crippen LogP contribution in [0.3, 0.4) is 0 Å². The molecule has 1 saturated heterocycles. The fourth-order valence-electron chi connectivity index (χ4n) is 4.75. The lowest BCUT2D eigenvalue weighted by atomic mass is 9.90. The number of hydrogen-bond acceptors (Lipinski definition) is 4. The molecule has 1 N–H and O–H groups in total. The first-order valence-corrected chi connectivity index (χ1v) is 13.1. The van der Waals surface area contributed by atoms with Crippen molar-refractivity contribution in [2.75, 3.05) is 13.1 Å². The molecule has 1 unspecified atom stereocenters. The van der Waals surface area contributed by atoms with E-state index in [4.69, 9.17) is 4.74 Å². The molecule has 2 heterocycles. The smallest absolute Gasteiger partial charge is 0.347 e. The van der Waals surface area contributed by atoms with Crippen molar-refractivity contribution in [1.29, 1.82) is 0 Å². The molecule has 0 spiro atoms. The number of carbonyl (C=O) groups excluding carboxylic acids is 1. The molecule has 1 amide bonds. The van der Waals surface area contributed by atoms with E-state index >= 15 is 0 Å². The van der Waals surface area contributed by atoms with Crippen LogP contribution in [0.25, 0.3) is 21.2 Å². The number of benzene rings is 3. The normalized spacial score (nSPS) is 16.2. The molecule has 0 aliphatic carbocycles. The Labute approximate surface area is 215 Å². The van der Waals surface area contributed by atoms with E-state index in [-0.39, 0.29) is 11.8 Å². The lowest BCUT2D eigenvalue weighted by Crippen LogP contribution is -2.39. The molecule has 184 valence electrons. The van der Waals surface area contributed by atoms with Gasteiger partial charge in [-0.3, -0.25) is 4.79 Å². The highest BCUT2D eigenvalue weighted by atomic mass is 32.1. The molecule has 6 heteroatoms. The number of carboxylic acids is 1. The van der Waals surface area contributed by atoms with Gasteiger partial charge in [-0.1, -0.05) is 36.4 Å². The first kappa shape index (κ1) is 24.1. The van der Waals surface area contributed by atoms with Crippen molar-refractivity contribution in [3.05, 3.63) is 89.3 Å².